The predicted octanol–water partition coefficient (Wildman–Crippen LogP) is 1.82. The number of ether oxygens (including phenoxy) is 1. The monoisotopic (exact) mass is 218 g/mol. The van der Waals surface area contributed by atoms with Gasteiger partial charge < -0.3 is 14.9 Å². The molecule has 3 heteroatoms. The smallest absolute Gasteiger partial charge is 0.131 e. The van der Waals surface area contributed by atoms with Gasteiger partial charge in [-0.05, 0) is 24.6 Å². The lowest BCUT2D eigenvalue weighted by Crippen LogP contribution is -1.96. The summed E-state index contributed by atoms with van der Waals surface area (Å²) in [5.41, 5.74) is 1.55. The van der Waals surface area contributed by atoms with E-state index in [-0.39, 0.29) is 12.4 Å². The molecule has 0 aliphatic carbocycles. The average molecular weight is 218 g/mol. The summed E-state index contributed by atoms with van der Waals surface area (Å²) in [5, 5.41) is 18.9. The summed E-state index contributed by atoms with van der Waals surface area (Å²) in [6.45, 7) is 5.18. The highest BCUT2D eigenvalue weighted by Gasteiger charge is 2.10. The van der Waals surface area contributed by atoms with E-state index in [2.05, 4.69) is 18.4 Å². The third-order valence-electron chi connectivity index (χ3n) is 2.03. The number of hydrogen-bond donors (Lipinski definition) is 2. The highest BCUT2D eigenvalue weighted by atomic mass is 16.5. The number of allylic oxidation sites excluding steroid dienone is 1. The van der Waals surface area contributed by atoms with E-state index in [0.717, 1.165) is 0 Å². The Morgan fingerprint density at radius 2 is 2.19 bits per heavy atom. The van der Waals surface area contributed by atoms with Gasteiger partial charge in [0.15, 0.2) is 0 Å². The molecule has 1 aromatic rings. The highest BCUT2D eigenvalue weighted by molar-refractivity contribution is 5.57. The predicted molar refractivity (Wildman–Crippen MR) is 62.3 cm³/mol. The van der Waals surface area contributed by atoms with Gasteiger partial charge in [0.1, 0.15) is 11.5 Å². The molecule has 0 unspecified atom stereocenters. The molecule has 1 aromatic carbocycles. The SMILES string of the molecule is C=C(C)C#Cc1c(O)ccc(OC)c1CO. The van der Waals surface area contributed by atoms with Gasteiger partial charge in [-0.3, -0.25) is 0 Å². The molecule has 3 nitrogen and oxygen atoms in total. The first-order valence-electron chi connectivity index (χ1n) is 4.77. The number of hydrogen-bond acceptors (Lipinski definition) is 3. The van der Waals surface area contributed by atoms with E-state index >= 15 is 0 Å². The van der Waals surface area contributed by atoms with Crippen LogP contribution in [0.2, 0.25) is 0 Å². The van der Waals surface area contributed by atoms with E-state index in [9.17, 15) is 10.2 Å². The van der Waals surface area contributed by atoms with Gasteiger partial charge >= 0.3 is 0 Å². The van der Waals surface area contributed by atoms with Crippen LogP contribution in [0.15, 0.2) is 24.3 Å². The van der Waals surface area contributed by atoms with Crippen LogP contribution in [0, 0.1) is 11.8 Å². The summed E-state index contributed by atoms with van der Waals surface area (Å²) in [6, 6.07) is 3.08. The summed E-state index contributed by atoms with van der Waals surface area (Å²) < 4.78 is 5.08. The minimum atomic E-state index is -0.238. The normalized spacial score (nSPS) is 9.19. The van der Waals surface area contributed by atoms with Gasteiger partial charge in [-0.25, -0.2) is 0 Å². The van der Waals surface area contributed by atoms with Crippen molar-refractivity contribution < 1.29 is 14.9 Å². The van der Waals surface area contributed by atoms with Crippen LogP contribution in [-0.2, 0) is 6.61 Å². The maximum Gasteiger partial charge on any atom is 0.131 e. The van der Waals surface area contributed by atoms with Crippen LogP contribution < -0.4 is 4.74 Å². The molecule has 0 bridgehead atoms. The molecule has 0 saturated heterocycles. The Balaban J connectivity index is 3.36. The molecule has 16 heavy (non-hydrogen) atoms. The van der Waals surface area contributed by atoms with Crippen LogP contribution in [-0.4, -0.2) is 17.3 Å². The van der Waals surface area contributed by atoms with Crippen molar-refractivity contribution >= 4 is 0 Å². The molecular formula is C13H14O3. The third-order valence-corrected chi connectivity index (χ3v) is 2.03. The number of aliphatic hydroxyl groups excluding tert-OH is 1. The van der Waals surface area contributed by atoms with Crippen LogP contribution in [0.25, 0.3) is 0 Å². The van der Waals surface area contributed by atoms with Crippen molar-refractivity contribution in [3.8, 4) is 23.3 Å². The van der Waals surface area contributed by atoms with Crippen molar-refractivity contribution in [2.24, 2.45) is 0 Å². The second-order valence-corrected chi connectivity index (χ2v) is 3.33. The molecule has 0 heterocycles. The standard InChI is InChI=1S/C13H14O3/c1-9(2)4-5-10-11(8-14)13(16-3)7-6-12(10)15/h6-7,14-15H,1,8H2,2-3H3. The summed E-state index contributed by atoms with van der Waals surface area (Å²) in [6.07, 6.45) is 0. The van der Waals surface area contributed by atoms with Gasteiger partial charge in [0.25, 0.3) is 0 Å². The summed E-state index contributed by atoms with van der Waals surface area (Å²) >= 11 is 0. The molecule has 0 aliphatic heterocycles. The molecule has 2 N–H and O–H groups in total. The van der Waals surface area contributed by atoms with E-state index in [1.165, 1.54) is 13.2 Å². The first-order chi connectivity index (χ1) is 7.60. The van der Waals surface area contributed by atoms with Crippen LogP contribution in [0.3, 0.4) is 0 Å². The van der Waals surface area contributed by atoms with Crippen LogP contribution in [0.4, 0.5) is 0 Å². The number of aliphatic hydroxyl groups is 1. The minimum absolute atomic E-state index is 0.0265. The fraction of sp³-hybridized carbons (Fsp3) is 0.231. The lowest BCUT2D eigenvalue weighted by Gasteiger charge is -2.09. The Morgan fingerprint density at radius 1 is 1.50 bits per heavy atom. The van der Waals surface area contributed by atoms with E-state index in [4.69, 9.17) is 4.74 Å². The zero-order valence-corrected chi connectivity index (χ0v) is 9.37. The van der Waals surface area contributed by atoms with Gasteiger partial charge in [-0.1, -0.05) is 18.4 Å². The minimum Gasteiger partial charge on any atom is -0.507 e. The summed E-state index contributed by atoms with van der Waals surface area (Å²) in [7, 11) is 1.50. The zero-order valence-electron chi connectivity index (χ0n) is 9.37. The van der Waals surface area contributed by atoms with Crippen molar-refractivity contribution in [2.45, 2.75) is 13.5 Å². The number of benzene rings is 1. The molecule has 0 aromatic heterocycles. The number of phenols is 1. The Morgan fingerprint density at radius 3 is 2.69 bits per heavy atom. The maximum atomic E-state index is 9.66. The largest absolute Gasteiger partial charge is 0.507 e. The van der Waals surface area contributed by atoms with Crippen molar-refractivity contribution in [1.82, 2.24) is 0 Å². The lowest BCUT2D eigenvalue weighted by molar-refractivity contribution is 0.272. The topological polar surface area (TPSA) is 49.7 Å². The number of rotatable bonds is 2. The van der Waals surface area contributed by atoms with Crippen molar-refractivity contribution in [1.29, 1.82) is 0 Å². The molecule has 0 aliphatic rings. The second-order valence-electron chi connectivity index (χ2n) is 3.33. The average Bonchev–Trinajstić information content (AvgIpc) is 2.26. The van der Waals surface area contributed by atoms with Crippen LogP contribution >= 0.6 is 0 Å². The Bertz CT molecular complexity index is 464. The molecule has 1 rings (SSSR count). The zero-order chi connectivity index (χ0) is 12.1. The third kappa shape index (κ3) is 2.56. The summed E-state index contributed by atoms with van der Waals surface area (Å²) in [5.74, 6) is 6.06. The van der Waals surface area contributed by atoms with Gasteiger partial charge in [0, 0.05) is 5.56 Å². The lowest BCUT2D eigenvalue weighted by atomic mass is 10.1. The van der Waals surface area contributed by atoms with E-state index in [1.807, 2.05) is 0 Å². The van der Waals surface area contributed by atoms with Crippen LogP contribution in [0.5, 0.6) is 11.5 Å². The van der Waals surface area contributed by atoms with Crippen molar-refractivity contribution in [3.63, 3.8) is 0 Å². The van der Waals surface area contributed by atoms with Crippen molar-refractivity contribution in [3.05, 3.63) is 35.4 Å². The molecule has 0 spiro atoms. The van der Waals surface area contributed by atoms with Gasteiger partial charge in [0.2, 0.25) is 0 Å². The first-order valence-corrected chi connectivity index (χ1v) is 4.77. The van der Waals surface area contributed by atoms with Gasteiger partial charge in [0.05, 0.1) is 19.3 Å². The number of phenolic OH excluding ortho intramolecular Hbond substituents is 1. The van der Waals surface area contributed by atoms with E-state index in [1.54, 1.807) is 13.0 Å². The molecular weight excluding hydrogens is 204 g/mol. The Kier molecular flexibility index (Phi) is 3.98. The molecule has 0 radical (unpaired) electrons. The number of aromatic hydroxyl groups is 1. The molecule has 84 valence electrons. The van der Waals surface area contributed by atoms with Gasteiger partial charge in [-0.15, -0.1) is 0 Å². The fourth-order valence-electron chi connectivity index (χ4n) is 1.27. The Hall–Kier alpha value is -1.92. The molecule has 0 atom stereocenters. The molecule has 0 saturated carbocycles. The van der Waals surface area contributed by atoms with Crippen molar-refractivity contribution in [2.75, 3.05) is 7.11 Å². The summed E-state index contributed by atoms with van der Waals surface area (Å²) in [4.78, 5) is 0. The van der Waals surface area contributed by atoms with E-state index in [0.29, 0.717) is 22.4 Å². The van der Waals surface area contributed by atoms with Gasteiger partial charge in [-0.2, -0.15) is 0 Å². The molecule has 0 amide bonds. The number of methoxy groups -OCH3 is 1. The van der Waals surface area contributed by atoms with Crippen LogP contribution in [0.1, 0.15) is 18.1 Å². The quantitative estimate of drug-likeness (QED) is 0.744. The molecule has 0 fully saturated rings. The Labute approximate surface area is 95.0 Å². The second kappa shape index (κ2) is 5.24. The fourth-order valence-corrected chi connectivity index (χ4v) is 1.27. The van der Waals surface area contributed by atoms with E-state index < -0.39 is 0 Å². The first kappa shape index (κ1) is 12.2. The maximum absolute atomic E-state index is 9.66. The highest BCUT2D eigenvalue weighted by Crippen LogP contribution is 2.28.